The lowest BCUT2D eigenvalue weighted by molar-refractivity contribution is -0.124. The van der Waals surface area contributed by atoms with Gasteiger partial charge in [0.15, 0.2) is 17.5 Å². The Kier molecular flexibility index (Phi) is 6.15. The summed E-state index contributed by atoms with van der Waals surface area (Å²) in [5.74, 6) is -6.41. The van der Waals surface area contributed by atoms with Crippen LogP contribution in [0.4, 0.5) is 18.9 Å². The number of benzene rings is 1. The van der Waals surface area contributed by atoms with Gasteiger partial charge in [0.25, 0.3) is 5.56 Å². The molecule has 0 atom stereocenters. The van der Waals surface area contributed by atoms with Crippen molar-refractivity contribution in [3.8, 4) is 6.07 Å². The molecule has 0 aliphatic rings. The normalized spacial score (nSPS) is 10.3. The molecule has 2 N–H and O–H groups in total. The monoisotopic (exact) mass is 393 g/mol. The number of aromatic nitrogens is 2. The van der Waals surface area contributed by atoms with Crippen LogP contribution in [0, 0.1) is 42.6 Å². The van der Waals surface area contributed by atoms with E-state index in [2.05, 4.69) is 10.4 Å². The van der Waals surface area contributed by atoms with Gasteiger partial charge >= 0.3 is 0 Å². The van der Waals surface area contributed by atoms with Crippen LogP contribution in [-0.2, 0) is 16.1 Å². The lowest BCUT2D eigenvalue weighted by atomic mass is 10.1. The third kappa shape index (κ3) is 4.35. The average Bonchev–Trinajstić information content (AvgIpc) is 2.65. The Morgan fingerprint density at radius 3 is 2.50 bits per heavy atom. The van der Waals surface area contributed by atoms with Crippen LogP contribution in [0.3, 0.4) is 0 Å². The fourth-order valence-corrected chi connectivity index (χ4v) is 2.20. The fourth-order valence-electron chi connectivity index (χ4n) is 2.20. The first kappa shape index (κ1) is 20.6. The van der Waals surface area contributed by atoms with Gasteiger partial charge in [0.05, 0.1) is 17.9 Å². The van der Waals surface area contributed by atoms with E-state index < -0.39 is 53.6 Å². The number of rotatable bonds is 5. The van der Waals surface area contributed by atoms with Crippen LogP contribution in [0.25, 0.3) is 0 Å². The second-order valence-corrected chi connectivity index (χ2v) is 5.71. The van der Waals surface area contributed by atoms with Crippen LogP contribution in [0.1, 0.15) is 16.8 Å². The summed E-state index contributed by atoms with van der Waals surface area (Å²) in [4.78, 5) is 35.8. The molecular formula is C17H14F3N5O3. The van der Waals surface area contributed by atoms with E-state index in [0.29, 0.717) is 17.3 Å². The highest BCUT2D eigenvalue weighted by molar-refractivity contribution is 5.94. The van der Waals surface area contributed by atoms with Crippen molar-refractivity contribution in [3.05, 3.63) is 56.8 Å². The molecule has 0 spiro atoms. The van der Waals surface area contributed by atoms with Gasteiger partial charge in [-0.2, -0.15) is 10.4 Å². The fraction of sp³-hybridized carbons (Fsp3) is 0.235. The van der Waals surface area contributed by atoms with Crippen molar-refractivity contribution in [2.24, 2.45) is 0 Å². The summed E-state index contributed by atoms with van der Waals surface area (Å²) >= 11 is 0. The molecule has 146 valence electrons. The molecule has 0 unspecified atom stereocenters. The standard InChI is InChI=1S/C17H14F3N5O3/c1-8-9(2)24-25(17(28)10(8)5-21)7-14(27)22-6-13(26)23-12-4-3-11(18)15(19)16(12)20/h3-4H,6-7H2,1-2H3,(H,22,27)(H,23,26). The van der Waals surface area contributed by atoms with Crippen molar-refractivity contribution in [2.45, 2.75) is 20.4 Å². The van der Waals surface area contributed by atoms with Crippen LogP contribution in [0.2, 0.25) is 0 Å². The highest BCUT2D eigenvalue weighted by Crippen LogP contribution is 2.19. The van der Waals surface area contributed by atoms with Crippen LogP contribution in [0.5, 0.6) is 0 Å². The highest BCUT2D eigenvalue weighted by Gasteiger charge is 2.17. The highest BCUT2D eigenvalue weighted by atomic mass is 19.2. The third-order valence-electron chi connectivity index (χ3n) is 3.80. The number of aryl methyl sites for hydroxylation is 1. The van der Waals surface area contributed by atoms with Gasteiger partial charge in [-0.05, 0) is 31.5 Å². The van der Waals surface area contributed by atoms with E-state index in [9.17, 15) is 27.6 Å². The lowest BCUT2D eigenvalue weighted by Gasteiger charge is -2.10. The Balaban J connectivity index is 2.01. The van der Waals surface area contributed by atoms with Gasteiger partial charge in [0.2, 0.25) is 11.8 Å². The molecule has 28 heavy (non-hydrogen) atoms. The maximum absolute atomic E-state index is 13.5. The summed E-state index contributed by atoms with van der Waals surface area (Å²) in [6.07, 6.45) is 0. The summed E-state index contributed by atoms with van der Waals surface area (Å²) in [5.41, 5.74) is -0.711. The predicted molar refractivity (Wildman–Crippen MR) is 90.6 cm³/mol. The molecule has 0 saturated heterocycles. The smallest absolute Gasteiger partial charge is 0.285 e. The molecule has 1 heterocycles. The summed E-state index contributed by atoms with van der Waals surface area (Å²) in [7, 11) is 0. The molecule has 1 aromatic carbocycles. The summed E-state index contributed by atoms with van der Waals surface area (Å²) in [6.45, 7) is 1.94. The molecule has 0 fully saturated rings. The number of hydrogen-bond donors (Lipinski definition) is 2. The molecule has 0 saturated carbocycles. The van der Waals surface area contributed by atoms with E-state index in [1.54, 1.807) is 19.9 Å². The van der Waals surface area contributed by atoms with Gasteiger partial charge in [-0.15, -0.1) is 0 Å². The second-order valence-electron chi connectivity index (χ2n) is 5.71. The summed E-state index contributed by atoms with van der Waals surface area (Å²) in [6, 6.07) is 3.21. The SMILES string of the molecule is Cc1nn(CC(=O)NCC(=O)Nc2ccc(F)c(F)c2F)c(=O)c(C#N)c1C. The van der Waals surface area contributed by atoms with E-state index in [0.717, 1.165) is 10.7 Å². The molecule has 0 radical (unpaired) electrons. The number of nitrogens with zero attached hydrogens (tertiary/aromatic N) is 3. The molecule has 1 aromatic heterocycles. The van der Waals surface area contributed by atoms with Crippen molar-refractivity contribution in [1.29, 1.82) is 5.26 Å². The first-order chi connectivity index (χ1) is 13.1. The van der Waals surface area contributed by atoms with Gasteiger partial charge in [0.1, 0.15) is 18.2 Å². The number of carbonyl (C=O) groups is 2. The molecule has 0 bridgehead atoms. The summed E-state index contributed by atoms with van der Waals surface area (Å²) < 4.78 is 40.3. The third-order valence-corrected chi connectivity index (χ3v) is 3.80. The molecule has 8 nitrogen and oxygen atoms in total. The molecule has 2 amide bonds. The molecule has 2 rings (SSSR count). The molecule has 11 heteroatoms. The zero-order valence-electron chi connectivity index (χ0n) is 14.8. The Morgan fingerprint density at radius 1 is 1.18 bits per heavy atom. The van der Waals surface area contributed by atoms with Crippen LogP contribution >= 0.6 is 0 Å². The number of nitriles is 1. The Hall–Kier alpha value is -3.68. The van der Waals surface area contributed by atoms with Gasteiger partial charge in [0, 0.05) is 0 Å². The first-order valence-corrected chi connectivity index (χ1v) is 7.84. The minimum absolute atomic E-state index is 0.146. The van der Waals surface area contributed by atoms with E-state index in [1.165, 1.54) is 0 Å². The van der Waals surface area contributed by atoms with Crippen LogP contribution < -0.4 is 16.2 Å². The molecular weight excluding hydrogens is 379 g/mol. The van der Waals surface area contributed by atoms with Crippen molar-refractivity contribution < 1.29 is 22.8 Å². The topological polar surface area (TPSA) is 117 Å². The Morgan fingerprint density at radius 2 is 1.86 bits per heavy atom. The average molecular weight is 393 g/mol. The minimum atomic E-state index is -1.74. The van der Waals surface area contributed by atoms with Crippen molar-refractivity contribution in [2.75, 3.05) is 11.9 Å². The molecule has 0 aliphatic heterocycles. The minimum Gasteiger partial charge on any atom is -0.345 e. The van der Waals surface area contributed by atoms with Crippen LogP contribution in [-0.4, -0.2) is 28.1 Å². The van der Waals surface area contributed by atoms with E-state index >= 15 is 0 Å². The number of nitrogens with one attached hydrogen (secondary N) is 2. The van der Waals surface area contributed by atoms with E-state index in [1.807, 2.05) is 5.32 Å². The van der Waals surface area contributed by atoms with Gasteiger partial charge in [-0.25, -0.2) is 17.9 Å². The van der Waals surface area contributed by atoms with E-state index in [4.69, 9.17) is 5.26 Å². The van der Waals surface area contributed by atoms with Gasteiger partial charge < -0.3 is 10.6 Å². The Bertz CT molecular complexity index is 1060. The van der Waals surface area contributed by atoms with Gasteiger partial charge in [-0.3, -0.25) is 14.4 Å². The van der Waals surface area contributed by atoms with Crippen molar-refractivity contribution >= 4 is 17.5 Å². The van der Waals surface area contributed by atoms with Crippen molar-refractivity contribution in [3.63, 3.8) is 0 Å². The molecule has 0 aliphatic carbocycles. The maximum Gasteiger partial charge on any atom is 0.285 e. The summed E-state index contributed by atoms with van der Waals surface area (Å²) in [5, 5.41) is 17.1. The zero-order chi connectivity index (χ0) is 21.0. The quantitative estimate of drug-likeness (QED) is 0.732. The van der Waals surface area contributed by atoms with Gasteiger partial charge in [-0.1, -0.05) is 0 Å². The second kappa shape index (κ2) is 8.34. The number of anilines is 1. The number of carbonyl (C=O) groups excluding carboxylic acids is 2. The van der Waals surface area contributed by atoms with E-state index in [-0.39, 0.29) is 5.56 Å². The zero-order valence-corrected chi connectivity index (χ0v) is 14.8. The maximum atomic E-state index is 13.5. The predicted octanol–water partition coefficient (Wildman–Crippen LogP) is 0.904. The largest absolute Gasteiger partial charge is 0.345 e. The van der Waals surface area contributed by atoms with Crippen molar-refractivity contribution in [1.82, 2.24) is 15.1 Å². The number of halogens is 3. The molecule has 2 aromatic rings. The van der Waals surface area contributed by atoms with Crippen LogP contribution in [0.15, 0.2) is 16.9 Å². The number of amides is 2. The Labute approximate surface area is 156 Å². The number of hydrogen-bond acceptors (Lipinski definition) is 5. The first-order valence-electron chi connectivity index (χ1n) is 7.84. The lowest BCUT2D eigenvalue weighted by Crippen LogP contribution is -2.38.